The minimum absolute atomic E-state index is 0.476. The zero-order valence-electron chi connectivity index (χ0n) is 8.59. The van der Waals surface area contributed by atoms with Crippen LogP contribution in [-0.4, -0.2) is 22.7 Å². The van der Waals surface area contributed by atoms with Gasteiger partial charge in [0.15, 0.2) is 0 Å². The van der Waals surface area contributed by atoms with E-state index in [0.717, 1.165) is 38.5 Å². The second-order valence-electron chi connectivity index (χ2n) is 4.72. The Hall–Kier alpha value is -0.570. The number of nitrogens with one attached hydrogen (secondary N) is 1. The van der Waals surface area contributed by atoms with Crippen LogP contribution in [0.5, 0.6) is 0 Å². The van der Waals surface area contributed by atoms with Gasteiger partial charge in [-0.1, -0.05) is 25.7 Å². The molecule has 0 aliphatic heterocycles. The lowest BCUT2D eigenvalue weighted by molar-refractivity contribution is -0.147. The van der Waals surface area contributed by atoms with Crippen LogP contribution in [0.15, 0.2) is 0 Å². The first kappa shape index (κ1) is 9.97. The molecule has 2 fully saturated rings. The van der Waals surface area contributed by atoms with Gasteiger partial charge in [-0.05, 0) is 25.7 Å². The van der Waals surface area contributed by atoms with Crippen LogP contribution >= 0.6 is 0 Å². The molecular weight excluding hydrogens is 178 g/mol. The molecule has 3 nitrogen and oxygen atoms in total. The van der Waals surface area contributed by atoms with Crippen molar-refractivity contribution in [3.05, 3.63) is 0 Å². The monoisotopic (exact) mass is 197 g/mol. The Labute approximate surface area is 84.9 Å². The maximum atomic E-state index is 11.3. The summed E-state index contributed by atoms with van der Waals surface area (Å²) >= 11 is 0. The van der Waals surface area contributed by atoms with E-state index in [0.29, 0.717) is 6.04 Å². The predicted octanol–water partition coefficient (Wildman–Crippen LogP) is 1.92. The van der Waals surface area contributed by atoms with Gasteiger partial charge in [0.1, 0.15) is 5.54 Å². The summed E-state index contributed by atoms with van der Waals surface area (Å²) in [6.07, 6.45) is 8.54. The molecule has 0 atom stereocenters. The summed E-state index contributed by atoms with van der Waals surface area (Å²) in [6, 6.07) is 0.476. The Morgan fingerprint density at radius 2 is 1.79 bits per heavy atom. The molecule has 0 aromatic carbocycles. The Kier molecular flexibility index (Phi) is 2.77. The zero-order chi connectivity index (χ0) is 10.0. The highest BCUT2D eigenvalue weighted by Crippen LogP contribution is 2.31. The molecule has 80 valence electrons. The van der Waals surface area contributed by atoms with E-state index in [1.54, 1.807) is 0 Å². The molecule has 2 saturated carbocycles. The molecular formula is C11H19NO2. The van der Waals surface area contributed by atoms with Crippen LogP contribution in [-0.2, 0) is 4.79 Å². The second-order valence-corrected chi connectivity index (χ2v) is 4.72. The molecule has 0 unspecified atom stereocenters. The summed E-state index contributed by atoms with van der Waals surface area (Å²) in [5.41, 5.74) is -0.580. The zero-order valence-corrected chi connectivity index (χ0v) is 8.59. The van der Waals surface area contributed by atoms with E-state index in [1.807, 2.05) is 0 Å². The number of hydrogen-bond acceptors (Lipinski definition) is 2. The minimum Gasteiger partial charge on any atom is -0.480 e. The van der Waals surface area contributed by atoms with Crippen molar-refractivity contribution in [2.24, 2.45) is 0 Å². The SMILES string of the molecule is O=C(O)C1(NC2CCC2)CCCCC1. The van der Waals surface area contributed by atoms with Crippen molar-refractivity contribution in [3.8, 4) is 0 Å². The Bertz CT molecular complexity index is 217. The fourth-order valence-corrected chi connectivity index (χ4v) is 2.52. The summed E-state index contributed by atoms with van der Waals surface area (Å²) in [7, 11) is 0. The van der Waals surface area contributed by atoms with E-state index in [-0.39, 0.29) is 0 Å². The smallest absolute Gasteiger partial charge is 0.323 e. The summed E-state index contributed by atoms with van der Waals surface area (Å²) in [5, 5.41) is 12.7. The van der Waals surface area contributed by atoms with Crippen LogP contribution in [0.1, 0.15) is 51.4 Å². The highest BCUT2D eigenvalue weighted by Gasteiger charge is 2.41. The summed E-state index contributed by atoms with van der Waals surface area (Å²) in [5.74, 6) is -0.635. The minimum atomic E-state index is -0.635. The van der Waals surface area contributed by atoms with Crippen LogP contribution in [0.25, 0.3) is 0 Å². The van der Waals surface area contributed by atoms with Crippen LogP contribution in [0.3, 0.4) is 0 Å². The van der Waals surface area contributed by atoms with Crippen molar-refractivity contribution < 1.29 is 9.90 Å². The van der Waals surface area contributed by atoms with E-state index in [1.165, 1.54) is 12.8 Å². The molecule has 3 heteroatoms. The van der Waals surface area contributed by atoms with Crippen molar-refractivity contribution in [3.63, 3.8) is 0 Å². The van der Waals surface area contributed by atoms with Crippen LogP contribution in [0.4, 0.5) is 0 Å². The number of aliphatic carboxylic acids is 1. The number of carbonyl (C=O) groups is 1. The summed E-state index contributed by atoms with van der Waals surface area (Å²) < 4.78 is 0. The number of carboxylic acids is 1. The summed E-state index contributed by atoms with van der Waals surface area (Å²) in [6.45, 7) is 0. The molecule has 0 saturated heterocycles. The summed E-state index contributed by atoms with van der Waals surface area (Å²) in [4.78, 5) is 11.3. The lowest BCUT2D eigenvalue weighted by atomic mass is 9.79. The molecule has 2 N–H and O–H groups in total. The largest absolute Gasteiger partial charge is 0.480 e. The molecule has 0 heterocycles. The quantitative estimate of drug-likeness (QED) is 0.726. The van der Waals surface area contributed by atoms with E-state index in [9.17, 15) is 9.90 Å². The van der Waals surface area contributed by atoms with Crippen LogP contribution < -0.4 is 5.32 Å². The molecule has 2 aliphatic carbocycles. The Morgan fingerprint density at radius 3 is 2.21 bits per heavy atom. The first-order chi connectivity index (χ1) is 6.73. The molecule has 0 spiro atoms. The maximum absolute atomic E-state index is 11.3. The molecule has 2 rings (SSSR count). The molecule has 14 heavy (non-hydrogen) atoms. The van der Waals surface area contributed by atoms with Gasteiger partial charge in [-0.3, -0.25) is 10.1 Å². The molecule has 0 aromatic rings. The highest BCUT2D eigenvalue weighted by molar-refractivity contribution is 5.79. The maximum Gasteiger partial charge on any atom is 0.323 e. The highest BCUT2D eigenvalue weighted by atomic mass is 16.4. The fourth-order valence-electron chi connectivity index (χ4n) is 2.52. The number of rotatable bonds is 3. The third-order valence-electron chi connectivity index (χ3n) is 3.70. The van der Waals surface area contributed by atoms with Crippen LogP contribution in [0, 0.1) is 0 Å². The van der Waals surface area contributed by atoms with Gasteiger partial charge in [0, 0.05) is 6.04 Å². The van der Waals surface area contributed by atoms with E-state index in [2.05, 4.69) is 5.32 Å². The van der Waals surface area contributed by atoms with Gasteiger partial charge < -0.3 is 5.11 Å². The molecule has 0 aromatic heterocycles. The van der Waals surface area contributed by atoms with Gasteiger partial charge in [0.25, 0.3) is 0 Å². The van der Waals surface area contributed by atoms with Gasteiger partial charge >= 0.3 is 5.97 Å². The second kappa shape index (κ2) is 3.89. The first-order valence-corrected chi connectivity index (χ1v) is 5.74. The van der Waals surface area contributed by atoms with Crippen LogP contribution in [0.2, 0.25) is 0 Å². The molecule has 2 aliphatic rings. The van der Waals surface area contributed by atoms with Gasteiger partial charge in [0.05, 0.1) is 0 Å². The number of hydrogen-bond donors (Lipinski definition) is 2. The number of carboxylic acid groups (broad SMARTS) is 1. The topological polar surface area (TPSA) is 49.3 Å². The van der Waals surface area contributed by atoms with Crippen molar-refractivity contribution in [1.29, 1.82) is 0 Å². The van der Waals surface area contributed by atoms with Gasteiger partial charge in [-0.25, -0.2) is 0 Å². The van der Waals surface area contributed by atoms with E-state index >= 15 is 0 Å². The van der Waals surface area contributed by atoms with E-state index < -0.39 is 11.5 Å². The molecule has 0 bridgehead atoms. The Balaban J connectivity index is 2.00. The fraction of sp³-hybridized carbons (Fsp3) is 0.909. The third kappa shape index (κ3) is 1.78. The van der Waals surface area contributed by atoms with E-state index in [4.69, 9.17) is 0 Å². The normalized spacial score (nSPS) is 26.9. The van der Waals surface area contributed by atoms with Gasteiger partial charge in [-0.2, -0.15) is 0 Å². The van der Waals surface area contributed by atoms with Crippen molar-refractivity contribution in [2.45, 2.75) is 62.9 Å². The third-order valence-corrected chi connectivity index (χ3v) is 3.70. The standard InChI is InChI=1S/C11H19NO2/c13-10(14)11(7-2-1-3-8-11)12-9-5-4-6-9/h9,12H,1-8H2,(H,13,14). The van der Waals surface area contributed by atoms with Gasteiger partial charge in [0.2, 0.25) is 0 Å². The lowest BCUT2D eigenvalue weighted by Gasteiger charge is -2.40. The van der Waals surface area contributed by atoms with Crippen molar-refractivity contribution in [2.75, 3.05) is 0 Å². The predicted molar refractivity (Wildman–Crippen MR) is 54.2 cm³/mol. The molecule has 0 amide bonds. The Morgan fingerprint density at radius 1 is 1.14 bits per heavy atom. The lowest BCUT2D eigenvalue weighted by Crippen LogP contribution is -2.58. The average molecular weight is 197 g/mol. The van der Waals surface area contributed by atoms with Crippen molar-refractivity contribution in [1.82, 2.24) is 5.32 Å². The average Bonchev–Trinajstić information content (AvgIpc) is 2.13. The first-order valence-electron chi connectivity index (χ1n) is 5.74. The van der Waals surface area contributed by atoms with Gasteiger partial charge in [-0.15, -0.1) is 0 Å². The van der Waals surface area contributed by atoms with Crippen molar-refractivity contribution >= 4 is 5.97 Å². The molecule has 0 radical (unpaired) electrons.